The number of hydrogen-bond acceptors (Lipinski definition) is 3. The van der Waals surface area contributed by atoms with Gasteiger partial charge in [-0.1, -0.05) is 0 Å². The van der Waals surface area contributed by atoms with Crippen LogP contribution < -0.4 is 0 Å². The molecule has 1 aromatic carbocycles. The lowest BCUT2D eigenvalue weighted by Crippen LogP contribution is -1.99. The summed E-state index contributed by atoms with van der Waals surface area (Å²) in [6.45, 7) is 0. The topological polar surface area (TPSA) is 63.3 Å². The summed E-state index contributed by atoms with van der Waals surface area (Å²) < 4.78 is 31.7. The standard InChI is InChI=1S/C15H9F2NO3/c16-10-3-8(4-11(17)6-10)12-1-2-13-15(18-12)9(7-21-13)5-14(19)20/h1-4,6-7H,5H2,(H,19,20). The van der Waals surface area contributed by atoms with E-state index in [1.807, 2.05) is 0 Å². The van der Waals surface area contributed by atoms with Gasteiger partial charge in [0.15, 0.2) is 5.58 Å². The molecule has 106 valence electrons. The van der Waals surface area contributed by atoms with Crippen LogP contribution in [0.5, 0.6) is 0 Å². The molecule has 4 nitrogen and oxygen atoms in total. The molecule has 0 unspecified atom stereocenters. The molecule has 21 heavy (non-hydrogen) atoms. The molecular formula is C15H9F2NO3. The Kier molecular flexibility index (Phi) is 3.13. The Morgan fingerprint density at radius 3 is 2.57 bits per heavy atom. The molecule has 0 amide bonds. The van der Waals surface area contributed by atoms with Crippen molar-refractivity contribution in [3.05, 3.63) is 53.8 Å². The monoisotopic (exact) mass is 289 g/mol. The first-order chi connectivity index (χ1) is 10.0. The SMILES string of the molecule is O=C(O)Cc1coc2ccc(-c3cc(F)cc(F)c3)nc12. The van der Waals surface area contributed by atoms with Gasteiger partial charge in [-0.3, -0.25) is 4.79 Å². The van der Waals surface area contributed by atoms with Crippen molar-refractivity contribution in [1.82, 2.24) is 4.98 Å². The lowest BCUT2D eigenvalue weighted by atomic mass is 10.1. The Balaban J connectivity index is 2.13. The van der Waals surface area contributed by atoms with Crippen molar-refractivity contribution in [2.24, 2.45) is 0 Å². The van der Waals surface area contributed by atoms with Crippen molar-refractivity contribution in [1.29, 1.82) is 0 Å². The van der Waals surface area contributed by atoms with Crippen LogP contribution in [0.4, 0.5) is 8.78 Å². The number of hydrogen-bond donors (Lipinski definition) is 1. The molecule has 0 saturated heterocycles. The number of rotatable bonds is 3. The molecule has 0 spiro atoms. The normalized spacial score (nSPS) is 11.0. The fourth-order valence-electron chi connectivity index (χ4n) is 2.11. The summed E-state index contributed by atoms with van der Waals surface area (Å²) in [6.07, 6.45) is 1.09. The van der Waals surface area contributed by atoms with Crippen molar-refractivity contribution in [3.8, 4) is 11.3 Å². The van der Waals surface area contributed by atoms with E-state index >= 15 is 0 Å². The van der Waals surface area contributed by atoms with E-state index in [0.717, 1.165) is 18.2 Å². The van der Waals surface area contributed by atoms with Gasteiger partial charge >= 0.3 is 5.97 Å². The number of pyridine rings is 1. The largest absolute Gasteiger partial charge is 0.481 e. The number of aliphatic carboxylic acids is 1. The molecule has 3 aromatic rings. The van der Waals surface area contributed by atoms with Crippen LogP contribution in [0.1, 0.15) is 5.56 Å². The van der Waals surface area contributed by atoms with Crippen LogP contribution in [0.3, 0.4) is 0 Å². The Morgan fingerprint density at radius 2 is 1.90 bits per heavy atom. The van der Waals surface area contributed by atoms with Gasteiger partial charge in [0.05, 0.1) is 18.4 Å². The van der Waals surface area contributed by atoms with Gasteiger partial charge < -0.3 is 9.52 Å². The molecule has 0 aliphatic carbocycles. The molecule has 2 aromatic heterocycles. The van der Waals surface area contributed by atoms with Crippen molar-refractivity contribution in [3.63, 3.8) is 0 Å². The summed E-state index contributed by atoms with van der Waals surface area (Å²) in [6, 6.07) is 6.24. The average molecular weight is 289 g/mol. The van der Waals surface area contributed by atoms with Crippen LogP contribution in [0.15, 0.2) is 41.0 Å². The van der Waals surface area contributed by atoms with E-state index in [1.165, 1.54) is 6.26 Å². The maximum atomic E-state index is 13.3. The lowest BCUT2D eigenvalue weighted by molar-refractivity contribution is -0.136. The van der Waals surface area contributed by atoms with Gasteiger partial charge in [0, 0.05) is 17.2 Å². The van der Waals surface area contributed by atoms with Gasteiger partial charge in [-0.25, -0.2) is 13.8 Å². The van der Waals surface area contributed by atoms with E-state index in [1.54, 1.807) is 12.1 Å². The Labute approximate surface area is 117 Å². The van der Waals surface area contributed by atoms with Crippen LogP contribution in [-0.4, -0.2) is 16.1 Å². The summed E-state index contributed by atoms with van der Waals surface area (Å²) in [4.78, 5) is 15.0. The van der Waals surface area contributed by atoms with Gasteiger partial charge in [0.25, 0.3) is 0 Å². The molecule has 0 aliphatic rings. The van der Waals surface area contributed by atoms with E-state index in [-0.39, 0.29) is 12.0 Å². The number of nitrogens with zero attached hydrogens (tertiary/aromatic N) is 1. The highest BCUT2D eigenvalue weighted by Gasteiger charge is 2.13. The molecular weight excluding hydrogens is 280 g/mol. The molecule has 3 rings (SSSR count). The maximum absolute atomic E-state index is 13.3. The first kappa shape index (κ1) is 13.2. The molecule has 1 N–H and O–H groups in total. The van der Waals surface area contributed by atoms with Crippen LogP contribution in [0.2, 0.25) is 0 Å². The van der Waals surface area contributed by atoms with E-state index < -0.39 is 17.6 Å². The number of carboxylic acids is 1. The number of aromatic nitrogens is 1. The number of furan rings is 1. The highest BCUT2D eigenvalue weighted by atomic mass is 19.1. The summed E-state index contributed by atoms with van der Waals surface area (Å²) in [7, 11) is 0. The quantitative estimate of drug-likeness (QED) is 0.802. The summed E-state index contributed by atoms with van der Waals surface area (Å²) >= 11 is 0. The zero-order valence-electron chi connectivity index (χ0n) is 10.6. The molecule has 0 aliphatic heterocycles. The van der Waals surface area contributed by atoms with Gasteiger partial charge in [-0.2, -0.15) is 0 Å². The minimum absolute atomic E-state index is 0.235. The minimum Gasteiger partial charge on any atom is -0.481 e. The molecule has 0 radical (unpaired) electrons. The fourth-order valence-corrected chi connectivity index (χ4v) is 2.11. The second kappa shape index (κ2) is 4.97. The van der Waals surface area contributed by atoms with Crippen molar-refractivity contribution in [2.45, 2.75) is 6.42 Å². The summed E-state index contributed by atoms with van der Waals surface area (Å²) in [5, 5.41) is 8.84. The zero-order chi connectivity index (χ0) is 15.0. The van der Waals surface area contributed by atoms with E-state index in [0.29, 0.717) is 22.4 Å². The maximum Gasteiger partial charge on any atom is 0.308 e. The first-order valence-corrected chi connectivity index (χ1v) is 6.08. The second-order valence-corrected chi connectivity index (χ2v) is 4.53. The number of halogens is 2. The average Bonchev–Trinajstić information content (AvgIpc) is 2.79. The van der Waals surface area contributed by atoms with Gasteiger partial charge in [-0.05, 0) is 24.3 Å². The third-order valence-corrected chi connectivity index (χ3v) is 2.99. The Bertz CT molecular complexity index is 822. The highest BCUT2D eigenvalue weighted by Crippen LogP contribution is 2.25. The number of carboxylic acid groups (broad SMARTS) is 1. The van der Waals surface area contributed by atoms with Gasteiger partial charge in [-0.15, -0.1) is 0 Å². The van der Waals surface area contributed by atoms with Crippen LogP contribution in [-0.2, 0) is 11.2 Å². The number of fused-ring (bicyclic) bond motifs is 1. The predicted octanol–water partition coefficient (Wildman–Crippen LogP) is 3.40. The van der Waals surface area contributed by atoms with E-state index in [4.69, 9.17) is 9.52 Å². The lowest BCUT2D eigenvalue weighted by Gasteiger charge is -2.02. The van der Waals surface area contributed by atoms with Crippen molar-refractivity contribution in [2.75, 3.05) is 0 Å². The molecule has 0 atom stereocenters. The van der Waals surface area contributed by atoms with Gasteiger partial charge in [0.2, 0.25) is 0 Å². The summed E-state index contributed by atoms with van der Waals surface area (Å²) in [5.74, 6) is -2.42. The molecule has 0 fully saturated rings. The predicted molar refractivity (Wildman–Crippen MR) is 70.7 cm³/mol. The number of benzene rings is 1. The third-order valence-electron chi connectivity index (χ3n) is 2.99. The summed E-state index contributed by atoms with van der Waals surface area (Å²) in [5.41, 5.74) is 1.83. The van der Waals surface area contributed by atoms with Crippen LogP contribution >= 0.6 is 0 Å². The molecule has 2 heterocycles. The molecule has 0 bridgehead atoms. The smallest absolute Gasteiger partial charge is 0.308 e. The van der Waals surface area contributed by atoms with Gasteiger partial charge in [0.1, 0.15) is 17.2 Å². The highest BCUT2D eigenvalue weighted by molar-refractivity contribution is 5.84. The van der Waals surface area contributed by atoms with Crippen LogP contribution in [0.25, 0.3) is 22.4 Å². The van der Waals surface area contributed by atoms with E-state index in [9.17, 15) is 13.6 Å². The van der Waals surface area contributed by atoms with Crippen LogP contribution in [0, 0.1) is 11.6 Å². The molecule has 6 heteroatoms. The third kappa shape index (κ3) is 2.60. The zero-order valence-corrected chi connectivity index (χ0v) is 10.6. The molecule has 0 saturated carbocycles. The van der Waals surface area contributed by atoms with E-state index in [2.05, 4.69) is 4.98 Å². The fraction of sp³-hybridized carbons (Fsp3) is 0.0667. The second-order valence-electron chi connectivity index (χ2n) is 4.53. The Hall–Kier alpha value is -2.76. The number of carbonyl (C=O) groups is 1. The minimum atomic E-state index is -1.01. The van der Waals surface area contributed by atoms with Crippen molar-refractivity contribution >= 4 is 17.1 Å². The Morgan fingerprint density at radius 1 is 1.19 bits per heavy atom. The van der Waals surface area contributed by atoms with Crippen molar-refractivity contribution < 1.29 is 23.1 Å². The first-order valence-electron chi connectivity index (χ1n) is 6.08.